The summed E-state index contributed by atoms with van der Waals surface area (Å²) in [5, 5.41) is 2.94. The Morgan fingerprint density at radius 1 is 1.35 bits per heavy atom. The van der Waals surface area contributed by atoms with Gasteiger partial charge in [0.05, 0.1) is 4.90 Å². The molecule has 0 aliphatic carbocycles. The molecule has 0 bridgehead atoms. The lowest BCUT2D eigenvalue weighted by Gasteiger charge is -2.11. The third-order valence-electron chi connectivity index (χ3n) is 2.85. The van der Waals surface area contributed by atoms with E-state index in [1.54, 1.807) is 6.92 Å². The van der Waals surface area contributed by atoms with Crippen LogP contribution in [0, 0.1) is 12.8 Å². The molecule has 1 N–H and O–H groups in total. The van der Waals surface area contributed by atoms with Gasteiger partial charge in [0.1, 0.15) is 0 Å². The number of hydrogen-bond acceptors (Lipinski definition) is 3. The number of carbonyl (C=O) groups is 1. The molecule has 0 heterocycles. The fourth-order valence-electron chi connectivity index (χ4n) is 1.60. The van der Waals surface area contributed by atoms with Gasteiger partial charge in [0.25, 0.3) is 15.0 Å². The van der Waals surface area contributed by atoms with Crippen LogP contribution in [0.25, 0.3) is 0 Å². The zero-order chi connectivity index (χ0) is 15.5. The van der Waals surface area contributed by atoms with Crippen LogP contribution in [-0.2, 0) is 9.05 Å². The Balaban J connectivity index is 3.05. The molecule has 0 aromatic heterocycles. The first kappa shape index (κ1) is 17.3. The number of rotatable bonds is 5. The molecule has 1 aromatic carbocycles. The number of hydrogen-bond donors (Lipinski definition) is 1. The van der Waals surface area contributed by atoms with Gasteiger partial charge in [0.15, 0.2) is 0 Å². The van der Waals surface area contributed by atoms with E-state index in [1.165, 1.54) is 12.1 Å². The minimum Gasteiger partial charge on any atom is -0.352 e. The van der Waals surface area contributed by atoms with Gasteiger partial charge >= 0.3 is 0 Å². The normalized spacial score (nSPS) is 11.7. The lowest BCUT2D eigenvalue weighted by molar-refractivity contribution is 0.0951. The molecule has 7 heteroatoms. The quantitative estimate of drug-likeness (QED) is 0.838. The Bertz CT molecular complexity index is 612. The van der Waals surface area contributed by atoms with Crippen LogP contribution in [0.1, 0.15) is 36.2 Å². The minimum atomic E-state index is -3.92. The summed E-state index contributed by atoms with van der Waals surface area (Å²) < 4.78 is 22.7. The van der Waals surface area contributed by atoms with Crippen molar-refractivity contribution in [3.63, 3.8) is 0 Å². The second kappa shape index (κ2) is 6.78. The summed E-state index contributed by atoms with van der Waals surface area (Å²) in [6.45, 7) is 6.28. The van der Waals surface area contributed by atoms with Crippen molar-refractivity contribution in [3.05, 3.63) is 28.3 Å². The van der Waals surface area contributed by atoms with Gasteiger partial charge in [-0.05, 0) is 37.0 Å². The predicted molar refractivity (Wildman–Crippen MR) is 81.0 cm³/mol. The fraction of sp³-hybridized carbons (Fsp3) is 0.462. The molecule has 1 amide bonds. The second-order valence-corrected chi connectivity index (χ2v) is 7.93. The van der Waals surface area contributed by atoms with Crippen LogP contribution in [0.3, 0.4) is 0 Å². The van der Waals surface area contributed by atoms with Gasteiger partial charge in [-0.3, -0.25) is 4.79 Å². The molecule has 4 nitrogen and oxygen atoms in total. The fourth-order valence-corrected chi connectivity index (χ4v) is 2.67. The average Bonchev–Trinajstić information content (AvgIpc) is 2.30. The Kier molecular flexibility index (Phi) is 5.86. The highest BCUT2D eigenvalue weighted by Crippen LogP contribution is 2.26. The monoisotopic (exact) mass is 337 g/mol. The van der Waals surface area contributed by atoms with Crippen LogP contribution in [-0.4, -0.2) is 20.9 Å². The van der Waals surface area contributed by atoms with Crippen LogP contribution >= 0.6 is 22.3 Å². The van der Waals surface area contributed by atoms with E-state index in [-0.39, 0.29) is 21.4 Å². The number of amides is 1. The summed E-state index contributed by atoms with van der Waals surface area (Å²) in [5.41, 5.74) is 0.748. The summed E-state index contributed by atoms with van der Waals surface area (Å²) in [6, 6.07) is 2.48. The maximum atomic E-state index is 12.1. The maximum Gasteiger partial charge on any atom is 0.261 e. The molecule has 0 unspecified atom stereocenters. The van der Waals surface area contributed by atoms with E-state index < -0.39 is 9.05 Å². The lowest BCUT2D eigenvalue weighted by Crippen LogP contribution is -2.26. The summed E-state index contributed by atoms with van der Waals surface area (Å²) in [6.07, 6.45) is 0.839. The van der Waals surface area contributed by atoms with Crippen molar-refractivity contribution in [2.75, 3.05) is 6.54 Å². The van der Waals surface area contributed by atoms with Crippen molar-refractivity contribution in [2.24, 2.45) is 5.92 Å². The summed E-state index contributed by atoms with van der Waals surface area (Å²) in [4.78, 5) is 11.9. The van der Waals surface area contributed by atoms with Gasteiger partial charge in [-0.25, -0.2) is 8.42 Å². The molecule has 0 atom stereocenters. The summed E-state index contributed by atoms with van der Waals surface area (Å²) in [7, 11) is 1.36. The van der Waals surface area contributed by atoms with Gasteiger partial charge in [0, 0.05) is 27.8 Å². The van der Waals surface area contributed by atoms with Gasteiger partial charge in [-0.1, -0.05) is 25.4 Å². The van der Waals surface area contributed by atoms with Crippen molar-refractivity contribution in [2.45, 2.75) is 32.1 Å². The molecule has 0 aliphatic heterocycles. The van der Waals surface area contributed by atoms with Gasteiger partial charge < -0.3 is 5.32 Å². The maximum absolute atomic E-state index is 12.1. The molecule has 0 saturated heterocycles. The molecule has 112 valence electrons. The summed E-state index contributed by atoms with van der Waals surface area (Å²) >= 11 is 5.95. The van der Waals surface area contributed by atoms with Crippen LogP contribution < -0.4 is 5.32 Å². The largest absolute Gasteiger partial charge is 0.352 e. The third-order valence-corrected chi connectivity index (χ3v) is 4.58. The van der Waals surface area contributed by atoms with E-state index in [1.807, 2.05) is 0 Å². The van der Waals surface area contributed by atoms with Crippen molar-refractivity contribution in [1.82, 2.24) is 5.32 Å². The average molecular weight is 338 g/mol. The van der Waals surface area contributed by atoms with Crippen molar-refractivity contribution >= 4 is 37.2 Å². The highest BCUT2D eigenvalue weighted by atomic mass is 35.7. The Hall–Kier alpha value is -0.780. The van der Waals surface area contributed by atoms with Gasteiger partial charge in [-0.15, -0.1) is 0 Å². The molecule has 0 aliphatic rings. The number of nitrogens with one attached hydrogen (secondary N) is 1. The van der Waals surface area contributed by atoms with Crippen molar-refractivity contribution in [1.29, 1.82) is 0 Å². The Morgan fingerprint density at radius 2 is 1.95 bits per heavy atom. The van der Waals surface area contributed by atoms with Crippen LogP contribution in [0.2, 0.25) is 5.02 Å². The second-order valence-electron chi connectivity index (χ2n) is 4.95. The first-order valence-corrected chi connectivity index (χ1v) is 8.84. The molecule has 1 rings (SSSR count). The molecule has 0 spiro atoms. The molecule has 1 aromatic rings. The Labute approximate surface area is 128 Å². The smallest absolute Gasteiger partial charge is 0.261 e. The van der Waals surface area contributed by atoms with E-state index in [9.17, 15) is 13.2 Å². The number of carbonyl (C=O) groups excluding carboxylic acids is 1. The molecule has 20 heavy (non-hydrogen) atoms. The zero-order valence-electron chi connectivity index (χ0n) is 11.5. The highest BCUT2D eigenvalue weighted by Gasteiger charge is 2.18. The Morgan fingerprint density at radius 3 is 2.45 bits per heavy atom. The van der Waals surface area contributed by atoms with E-state index in [0.717, 1.165) is 6.42 Å². The van der Waals surface area contributed by atoms with E-state index in [2.05, 4.69) is 19.2 Å². The lowest BCUT2D eigenvalue weighted by atomic mass is 10.1. The van der Waals surface area contributed by atoms with Crippen LogP contribution in [0.15, 0.2) is 17.0 Å². The predicted octanol–water partition coefficient (Wildman–Crippen LogP) is 3.35. The van der Waals surface area contributed by atoms with Crippen LogP contribution in [0.4, 0.5) is 0 Å². The molecule has 0 fully saturated rings. The first-order chi connectivity index (χ1) is 9.12. The van der Waals surface area contributed by atoms with Crippen LogP contribution in [0.5, 0.6) is 0 Å². The van der Waals surface area contributed by atoms with Gasteiger partial charge in [-0.2, -0.15) is 0 Å². The molecular weight excluding hydrogens is 321 g/mol. The van der Waals surface area contributed by atoms with E-state index in [0.29, 0.717) is 18.0 Å². The molecule has 0 saturated carbocycles. The number of halogens is 2. The van der Waals surface area contributed by atoms with E-state index in [4.69, 9.17) is 22.3 Å². The minimum absolute atomic E-state index is 0.177. The topological polar surface area (TPSA) is 63.2 Å². The van der Waals surface area contributed by atoms with E-state index >= 15 is 0 Å². The zero-order valence-corrected chi connectivity index (χ0v) is 13.9. The standard InChI is InChI=1S/C13H17Cl2NO3S/c1-8(2)4-5-16-13(17)11-6-10(20(15,18)19)7-12(14)9(11)3/h6-8H,4-5H2,1-3H3,(H,16,17). The SMILES string of the molecule is Cc1c(Cl)cc(S(=O)(=O)Cl)cc1C(=O)NCCC(C)C. The summed E-state index contributed by atoms with van der Waals surface area (Å²) in [5.74, 6) is 0.113. The van der Waals surface area contributed by atoms with Gasteiger partial charge in [0.2, 0.25) is 0 Å². The first-order valence-electron chi connectivity index (χ1n) is 6.16. The van der Waals surface area contributed by atoms with Crippen molar-refractivity contribution < 1.29 is 13.2 Å². The highest BCUT2D eigenvalue weighted by molar-refractivity contribution is 8.13. The van der Waals surface area contributed by atoms with Crippen molar-refractivity contribution in [3.8, 4) is 0 Å². The number of benzene rings is 1. The molecule has 0 radical (unpaired) electrons. The third kappa shape index (κ3) is 4.65. The molecular formula is C13H17Cl2NO3S.